The molecule has 1 aromatic carbocycles. The van der Waals surface area contributed by atoms with Gasteiger partial charge in [0.2, 0.25) is 5.91 Å². The lowest BCUT2D eigenvalue weighted by Gasteiger charge is -2.06. The fourth-order valence-corrected chi connectivity index (χ4v) is 1.65. The van der Waals surface area contributed by atoms with Crippen molar-refractivity contribution in [1.82, 2.24) is 10.9 Å². The van der Waals surface area contributed by atoms with Crippen molar-refractivity contribution in [2.75, 3.05) is 0 Å². The highest BCUT2D eigenvalue weighted by atomic mass is 127. The largest absolute Gasteiger partial charge is 0.481 e. The van der Waals surface area contributed by atoms with Crippen LogP contribution < -0.4 is 10.9 Å². The minimum atomic E-state index is -1.06. The van der Waals surface area contributed by atoms with Gasteiger partial charge in [0, 0.05) is 15.6 Å². The first kappa shape index (κ1) is 14.4. The molecular formula is C11H11IN2O4. The molecular weight excluding hydrogens is 351 g/mol. The number of benzene rings is 1. The van der Waals surface area contributed by atoms with Crippen LogP contribution in [0.25, 0.3) is 0 Å². The number of carbonyl (C=O) groups excluding carboxylic acids is 2. The molecule has 0 aromatic heterocycles. The summed E-state index contributed by atoms with van der Waals surface area (Å²) in [6, 6.07) is 6.84. The molecule has 0 radical (unpaired) electrons. The maximum absolute atomic E-state index is 11.6. The number of hydrogen-bond donors (Lipinski definition) is 3. The van der Waals surface area contributed by atoms with E-state index in [9.17, 15) is 14.4 Å². The van der Waals surface area contributed by atoms with Crippen molar-refractivity contribution in [2.24, 2.45) is 0 Å². The van der Waals surface area contributed by atoms with Gasteiger partial charge < -0.3 is 5.11 Å². The summed E-state index contributed by atoms with van der Waals surface area (Å²) >= 11 is 2.07. The first-order valence-electron chi connectivity index (χ1n) is 5.05. The van der Waals surface area contributed by atoms with E-state index >= 15 is 0 Å². The zero-order valence-corrected chi connectivity index (χ0v) is 11.4. The summed E-state index contributed by atoms with van der Waals surface area (Å²) in [6.07, 6.45) is -0.452. The van der Waals surface area contributed by atoms with Gasteiger partial charge in [0.1, 0.15) is 0 Å². The smallest absolute Gasteiger partial charge is 0.303 e. The predicted octanol–water partition coefficient (Wildman–Crippen LogP) is 0.917. The molecule has 96 valence electrons. The van der Waals surface area contributed by atoms with Crippen LogP contribution in [0.15, 0.2) is 24.3 Å². The summed E-state index contributed by atoms with van der Waals surface area (Å²) < 4.78 is 0.900. The van der Waals surface area contributed by atoms with Crippen LogP contribution in [0, 0.1) is 3.57 Å². The van der Waals surface area contributed by atoms with Gasteiger partial charge in [-0.2, -0.15) is 0 Å². The van der Waals surface area contributed by atoms with E-state index in [1.807, 2.05) is 6.07 Å². The van der Waals surface area contributed by atoms with Crippen molar-refractivity contribution in [3.63, 3.8) is 0 Å². The van der Waals surface area contributed by atoms with Crippen molar-refractivity contribution >= 4 is 40.4 Å². The summed E-state index contributed by atoms with van der Waals surface area (Å²) in [6.45, 7) is 0. The number of hydrogen-bond acceptors (Lipinski definition) is 3. The number of amides is 2. The molecule has 6 nitrogen and oxygen atoms in total. The Kier molecular flexibility index (Phi) is 5.56. The first-order chi connectivity index (χ1) is 8.49. The number of nitrogens with one attached hydrogen (secondary N) is 2. The Labute approximate surface area is 117 Å². The molecule has 0 unspecified atom stereocenters. The van der Waals surface area contributed by atoms with Gasteiger partial charge in [-0.3, -0.25) is 25.2 Å². The Morgan fingerprint density at radius 2 is 1.89 bits per heavy atom. The zero-order valence-electron chi connectivity index (χ0n) is 9.27. The highest BCUT2D eigenvalue weighted by molar-refractivity contribution is 14.1. The fourth-order valence-electron chi connectivity index (χ4n) is 1.11. The number of rotatable bonds is 4. The Morgan fingerprint density at radius 3 is 2.50 bits per heavy atom. The van der Waals surface area contributed by atoms with Gasteiger partial charge in [-0.25, -0.2) is 0 Å². The van der Waals surface area contributed by atoms with Crippen LogP contribution in [-0.2, 0) is 9.59 Å². The van der Waals surface area contributed by atoms with Crippen LogP contribution >= 0.6 is 22.6 Å². The topological polar surface area (TPSA) is 95.5 Å². The number of halogens is 1. The molecule has 0 atom stereocenters. The van der Waals surface area contributed by atoms with Gasteiger partial charge in [0.15, 0.2) is 0 Å². The second-order valence-electron chi connectivity index (χ2n) is 3.41. The second kappa shape index (κ2) is 6.94. The monoisotopic (exact) mass is 362 g/mol. The van der Waals surface area contributed by atoms with Crippen LogP contribution in [0.1, 0.15) is 23.2 Å². The van der Waals surface area contributed by atoms with Crippen molar-refractivity contribution in [3.8, 4) is 0 Å². The third kappa shape index (κ3) is 5.13. The number of carboxylic acid groups (broad SMARTS) is 1. The normalized spacial score (nSPS) is 9.61. The molecule has 0 aliphatic carbocycles. The number of carboxylic acids is 1. The predicted molar refractivity (Wildman–Crippen MR) is 71.6 cm³/mol. The fraction of sp³-hybridized carbons (Fsp3) is 0.182. The van der Waals surface area contributed by atoms with Crippen molar-refractivity contribution in [2.45, 2.75) is 12.8 Å². The third-order valence-electron chi connectivity index (χ3n) is 1.97. The lowest BCUT2D eigenvalue weighted by atomic mass is 10.2. The van der Waals surface area contributed by atoms with Crippen LogP contribution in [0.4, 0.5) is 0 Å². The second-order valence-corrected chi connectivity index (χ2v) is 4.65. The molecule has 0 fully saturated rings. The summed E-state index contributed by atoms with van der Waals surface area (Å²) in [7, 11) is 0. The van der Waals surface area contributed by atoms with Gasteiger partial charge in [-0.15, -0.1) is 0 Å². The Balaban J connectivity index is 2.42. The van der Waals surface area contributed by atoms with E-state index in [-0.39, 0.29) is 12.8 Å². The molecule has 0 aliphatic rings. The van der Waals surface area contributed by atoms with Crippen molar-refractivity contribution < 1.29 is 19.5 Å². The van der Waals surface area contributed by atoms with Crippen molar-refractivity contribution in [3.05, 3.63) is 33.4 Å². The van der Waals surface area contributed by atoms with E-state index in [2.05, 4.69) is 33.4 Å². The van der Waals surface area contributed by atoms with E-state index in [4.69, 9.17) is 5.11 Å². The third-order valence-corrected chi connectivity index (χ3v) is 2.64. The summed E-state index contributed by atoms with van der Waals surface area (Å²) in [5.74, 6) is -2.05. The molecule has 0 spiro atoms. The van der Waals surface area contributed by atoms with Crippen LogP contribution in [-0.4, -0.2) is 22.9 Å². The summed E-state index contributed by atoms with van der Waals surface area (Å²) in [5, 5.41) is 8.38. The molecule has 0 saturated heterocycles. The number of aliphatic carboxylic acids is 1. The van der Waals surface area contributed by atoms with E-state index in [0.29, 0.717) is 5.56 Å². The van der Waals surface area contributed by atoms with Crippen LogP contribution in [0.3, 0.4) is 0 Å². The van der Waals surface area contributed by atoms with Crippen LogP contribution in [0.5, 0.6) is 0 Å². The van der Waals surface area contributed by atoms with Gasteiger partial charge >= 0.3 is 5.97 Å². The zero-order chi connectivity index (χ0) is 13.5. The first-order valence-corrected chi connectivity index (χ1v) is 6.13. The molecule has 0 heterocycles. The highest BCUT2D eigenvalue weighted by Gasteiger charge is 2.08. The van der Waals surface area contributed by atoms with Gasteiger partial charge in [0.05, 0.1) is 6.42 Å². The Bertz CT molecular complexity index is 476. The SMILES string of the molecule is O=C(O)CCC(=O)NNC(=O)c1cccc(I)c1. The maximum Gasteiger partial charge on any atom is 0.303 e. The summed E-state index contributed by atoms with van der Waals surface area (Å²) in [5.41, 5.74) is 4.78. The summed E-state index contributed by atoms with van der Waals surface area (Å²) in [4.78, 5) is 33.0. The lowest BCUT2D eigenvalue weighted by molar-refractivity contribution is -0.138. The van der Waals surface area contributed by atoms with E-state index in [0.717, 1.165) is 3.57 Å². The van der Waals surface area contributed by atoms with E-state index < -0.39 is 17.8 Å². The number of carbonyl (C=O) groups is 3. The molecule has 0 bridgehead atoms. The minimum absolute atomic E-state index is 0.179. The molecule has 1 rings (SSSR count). The molecule has 0 aliphatic heterocycles. The van der Waals surface area contributed by atoms with Crippen molar-refractivity contribution in [1.29, 1.82) is 0 Å². The highest BCUT2D eigenvalue weighted by Crippen LogP contribution is 2.07. The van der Waals surface area contributed by atoms with Gasteiger partial charge in [0.25, 0.3) is 5.91 Å². The molecule has 18 heavy (non-hydrogen) atoms. The molecule has 7 heteroatoms. The van der Waals surface area contributed by atoms with E-state index in [1.54, 1.807) is 18.2 Å². The maximum atomic E-state index is 11.6. The quantitative estimate of drug-likeness (QED) is 0.548. The molecule has 2 amide bonds. The molecule has 1 aromatic rings. The standard InChI is InChI=1S/C11H11IN2O4/c12-8-3-1-2-7(6-8)11(18)14-13-9(15)4-5-10(16)17/h1-3,6H,4-5H2,(H,13,15)(H,14,18)(H,16,17). The average molecular weight is 362 g/mol. The Morgan fingerprint density at radius 1 is 1.17 bits per heavy atom. The average Bonchev–Trinajstić information content (AvgIpc) is 2.33. The number of hydrazine groups is 1. The molecule has 0 saturated carbocycles. The van der Waals surface area contributed by atoms with E-state index in [1.165, 1.54) is 0 Å². The molecule has 3 N–H and O–H groups in total. The lowest BCUT2D eigenvalue weighted by Crippen LogP contribution is -2.41. The minimum Gasteiger partial charge on any atom is -0.481 e. The Hall–Kier alpha value is -1.64. The van der Waals surface area contributed by atoms with Crippen LogP contribution in [0.2, 0.25) is 0 Å². The van der Waals surface area contributed by atoms with Gasteiger partial charge in [-0.05, 0) is 40.8 Å². The van der Waals surface area contributed by atoms with Gasteiger partial charge in [-0.1, -0.05) is 6.07 Å².